The van der Waals surface area contributed by atoms with E-state index in [2.05, 4.69) is 102 Å². The molecule has 2 heteroatoms. The molecule has 0 radical (unpaired) electrons. The van der Waals surface area contributed by atoms with Crippen molar-refractivity contribution in [1.82, 2.24) is 9.13 Å². The first-order valence-electron chi connectivity index (χ1n) is 11.6. The Morgan fingerprint density at radius 3 is 2.48 bits per heavy atom. The lowest BCUT2D eigenvalue weighted by molar-refractivity contribution is 0.983. The van der Waals surface area contributed by atoms with Crippen molar-refractivity contribution in [2.75, 3.05) is 0 Å². The molecule has 1 aliphatic carbocycles. The minimum atomic E-state index is 1.04. The molecule has 2 nitrogen and oxygen atoms in total. The van der Waals surface area contributed by atoms with Gasteiger partial charge in [-0.25, -0.2) is 0 Å². The van der Waals surface area contributed by atoms with E-state index in [-0.39, 0.29) is 0 Å². The topological polar surface area (TPSA) is 9.86 Å². The Labute approximate surface area is 192 Å². The third kappa shape index (κ3) is 2.23. The molecule has 0 saturated heterocycles. The van der Waals surface area contributed by atoms with Crippen molar-refractivity contribution in [1.29, 1.82) is 0 Å². The summed E-state index contributed by atoms with van der Waals surface area (Å²) in [7, 11) is 2.17. The van der Waals surface area contributed by atoms with Crippen LogP contribution >= 0.6 is 0 Å². The van der Waals surface area contributed by atoms with Gasteiger partial charge < -0.3 is 9.13 Å². The third-order valence-corrected chi connectivity index (χ3v) is 7.50. The molecule has 0 atom stereocenters. The molecule has 158 valence electrons. The van der Waals surface area contributed by atoms with Crippen LogP contribution in [-0.2, 0) is 13.5 Å². The van der Waals surface area contributed by atoms with Crippen LogP contribution in [0.5, 0.6) is 0 Å². The molecule has 0 bridgehead atoms. The molecule has 0 aliphatic heterocycles. The molecule has 33 heavy (non-hydrogen) atoms. The van der Waals surface area contributed by atoms with Gasteiger partial charge in [0.25, 0.3) is 0 Å². The van der Waals surface area contributed by atoms with Crippen molar-refractivity contribution in [2.45, 2.75) is 12.8 Å². The van der Waals surface area contributed by atoms with Crippen molar-refractivity contribution in [3.05, 3.63) is 95.4 Å². The van der Waals surface area contributed by atoms with Gasteiger partial charge in [0.15, 0.2) is 0 Å². The highest BCUT2D eigenvalue weighted by Gasteiger charge is 2.23. The van der Waals surface area contributed by atoms with Gasteiger partial charge in [-0.15, -0.1) is 0 Å². The molecule has 0 fully saturated rings. The minimum Gasteiger partial charge on any atom is -0.342 e. The fourth-order valence-electron chi connectivity index (χ4n) is 6.12. The number of allylic oxidation sites excluding steroid dienone is 1. The molecule has 0 saturated carbocycles. The number of fused-ring (bicyclic) bond motifs is 5. The fraction of sp³-hybridized carbons (Fsp3) is 0.0968. The van der Waals surface area contributed by atoms with E-state index >= 15 is 0 Å². The molecule has 6 aromatic rings. The van der Waals surface area contributed by atoms with Gasteiger partial charge in [-0.3, -0.25) is 0 Å². The van der Waals surface area contributed by atoms with Crippen molar-refractivity contribution in [3.63, 3.8) is 0 Å². The largest absolute Gasteiger partial charge is 0.342 e. The van der Waals surface area contributed by atoms with E-state index in [9.17, 15) is 0 Å². The Balaban J connectivity index is 1.73. The van der Waals surface area contributed by atoms with Gasteiger partial charge in [0, 0.05) is 34.1 Å². The van der Waals surface area contributed by atoms with Gasteiger partial charge in [0.2, 0.25) is 0 Å². The van der Waals surface area contributed by atoms with Gasteiger partial charge in [-0.05, 0) is 58.8 Å². The number of rotatable bonds is 2. The van der Waals surface area contributed by atoms with Gasteiger partial charge in [-0.1, -0.05) is 67.8 Å². The van der Waals surface area contributed by atoms with Gasteiger partial charge >= 0.3 is 0 Å². The van der Waals surface area contributed by atoms with Gasteiger partial charge in [0.1, 0.15) is 0 Å². The second-order valence-corrected chi connectivity index (χ2v) is 9.06. The predicted molar refractivity (Wildman–Crippen MR) is 143 cm³/mol. The van der Waals surface area contributed by atoms with E-state index in [1.807, 2.05) is 6.08 Å². The standard InChI is InChI=1S/C31H24N2/c1-4-25-29-19(2)20-11-5-6-12-21(20)23-14-9-17-27(30(23)29)33(25)28-18-10-15-24-22-13-7-8-16-26(22)32(3)31(24)28/h4,6-10,12-18H,1-2,5,11H2,3H3. The zero-order valence-electron chi connectivity index (χ0n) is 18.7. The summed E-state index contributed by atoms with van der Waals surface area (Å²) in [6.45, 7) is 8.85. The highest BCUT2D eigenvalue weighted by atomic mass is 15.0. The first-order chi connectivity index (χ1) is 16.2. The normalized spacial score (nSPS) is 13.5. The molecule has 0 amide bonds. The van der Waals surface area contributed by atoms with Crippen molar-refractivity contribution in [2.24, 2.45) is 7.05 Å². The molecule has 7 rings (SSSR count). The van der Waals surface area contributed by atoms with Crippen molar-refractivity contribution < 1.29 is 0 Å². The smallest absolute Gasteiger partial charge is 0.0733 e. The van der Waals surface area contributed by atoms with Crippen LogP contribution in [-0.4, -0.2) is 9.13 Å². The molecule has 2 heterocycles. The molecule has 0 unspecified atom stereocenters. The fourth-order valence-corrected chi connectivity index (χ4v) is 6.12. The Bertz CT molecular complexity index is 1860. The second-order valence-electron chi connectivity index (χ2n) is 9.06. The summed E-state index contributed by atoms with van der Waals surface area (Å²) in [4.78, 5) is 0. The average Bonchev–Trinajstić information content (AvgIpc) is 3.36. The Morgan fingerprint density at radius 2 is 1.61 bits per heavy atom. The van der Waals surface area contributed by atoms with Crippen LogP contribution in [0.15, 0.2) is 73.3 Å². The monoisotopic (exact) mass is 424 g/mol. The van der Waals surface area contributed by atoms with Crippen LogP contribution in [0.4, 0.5) is 0 Å². The molecule has 0 spiro atoms. The lowest BCUT2D eigenvalue weighted by Gasteiger charge is -2.15. The number of aromatic nitrogens is 2. The number of hydrogen-bond acceptors (Lipinski definition) is 0. The van der Waals surface area contributed by atoms with Crippen LogP contribution in [0.3, 0.4) is 0 Å². The summed E-state index contributed by atoms with van der Waals surface area (Å²) in [5.41, 5.74) is 8.70. The summed E-state index contributed by atoms with van der Waals surface area (Å²) in [6, 6.07) is 22.0. The highest BCUT2D eigenvalue weighted by molar-refractivity contribution is 6.18. The first kappa shape index (κ1) is 18.5. The van der Waals surface area contributed by atoms with Crippen LogP contribution in [0.2, 0.25) is 0 Å². The Kier molecular flexibility index (Phi) is 3.64. The van der Waals surface area contributed by atoms with E-state index in [1.54, 1.807) is 0 Å². The van der Waals surface area contributed by atoms with Crippen LogP contribution in [0.25, 0.3) is 67.9 Å². The molecule has 4 aromatic carbocycles. The number of hydrogen-bond donors (Lipinski definition) is 0. The summed E-state index contributed by atoms with van der Waals surface area (Å²) in [6.07, 6.45) is 8.70. The third-order valence-electron chi connectivity index (χ3n) is 7.50. The lowest BCUT2D eigenvalue weighted by Crippen LogP contribution is -2.13. The molecule has 0 N–H and O–H groups in total. The maximum absolute atomic E-state index is 4.59. The second kappa shape index (κ2) is 6.49. The van der Waals surface area contributed by atoms with Gasteiger partial charge in [0.05, 0.1) is 22.4 Å². The van der Waals surface area contributed by atoms with E-state index < -0.39 is 0 Å². The maximum atomic E-state index is 4.59. The van der Waals surface area contributed by atoms with E-state index in [4.69, 9.17) is 0 Å². The van der Waals surface area contributed by atoms with E-state index in [0.717, 1.165) is 23.8 Å². The summed E-state index contributed by atoms with van der Waals surface area (Å²) in [5.74, 6) is 0. The summed E-state index contributed by atoms with van der Waals surface area (Å²) in [5, 5.41) is 7.54. The number of para-hydroxylation sites is 2. The number of aryl methyl sites for hydroxylation is 1. The zero-order chi connectivity index (χ0) is 22.3. The SMILES string of the molecule is C=Cc1c2c(=C)c3c(c4cccc(c42)n1-c1cccc2c4ccccc4n(C)c12)C=CCC3. The average molecular weight is 425 g/mol. The lowest BCUT2D eigenvalue weighted by atomic mass is 9.88. The van der Waals surface area contributed by atoms with E-state index in [0.29, 0.717) is 0 Å². The summed E-state index contributed by atoms with van der Waals surface area (Å²) >= 11 is 0. The van der Waals surface area contributed by atoms with Crippen molar-refractivity contribution >= 4 is 62.2 Å². The van der Waals surface area contributed by atoms with Gasteiger partial charge in [-0.2, -0.15) is 0 Å². The Morgan fingerprint density at radius 1 is 0.848 bits per heavy atom. The minimum absolute atomic E-state index is 1.04. The Hall–Kier alpha value is -4.04. The molecular formula is C31H24N2. The van der Waals surface area contributed by atoms with Crippen LogP contribution < -0.4 is 5.22 Å². The molecule has 2 aromatic heterocycles. The number of nitrogens with zero attached hydrogens (tertiary/aromatic N) is 2. The zero-order valence-corrected chi connectivity index (χ0v) is 18.7. The predicted octanol–water partition coefficient (Wildman–Crippen LogP) is 7.16. The van der Waals surface area contributed by atoms with E-state index in [1.165, 1.54) is 60.3 Å². The van der Waals surface area contributed by atoms with Crippen LogP contribution in [0.1, 0.15) is 23.2 Å². The molecular weight excluding hydrogens is 400 g/mol. The maximum Gasteiger partial charge on any atom is 0.0733 e. The first-order valence-corrected chi connectivity index (χ1v) is 11.6. The van der Waals surface area contributed by atoms with Crippen LogP contribution in [0, 0.1) is 0 Å². The molecule has 1 aliphatic rings. The highest BCUT2D eigenvalue weighted by Crippen LogP contribution is 2.40. The van der Waals surface area contributed by atoms with Crippen molar-refractivity contribution in [3.8, 4) is 5.69 Å². The quantitative estimate of drug-likeness (QED) is 0.279. The number of benzene rings is 4. The summed E-state index contributed by atoms with van der Waals surface area (Å²) < 4.78 is 4.72.